The van der Waals surface area contributed by atoms with Gasteiger partial charge in [0.1, 0.15) is 5.58 Å². The number of halogens is 1. The summed E-state index contributed by atoms with van der Waals surface area (Å²) in [6.45, 7) is 6.02. The monoisotopic (exact) mass is 377 g/mol. The Labute approximate surface area is 157 Å². The maximum Gasteiger partial charge on any atom is 0.336 e. The Bertz CT molecular complexity index is 844. The number of ether oxygens (including phenoxy) is 2. The minimum atomic E-state index is -0.312. The molecule has 5 nitrogen and oxygen atoms in total. The van der Waals surface area contributed by atoms with Crippen LogP contribution in [0.2, 0.25) is 5.02 Å². The van der Waals surface area contributed by atoms with Gasteiger partial charge >= 0.3 is 5.63 Å². The van der Waals surface area contributed by atoms with Crippen molar-refractivity contribution in [2.24, 2.45) is 5.92 Å². The molecule has 140 valence electrons. The molecule has 0 radical (unpaired) electrons. The average Bonchev–Trinajstić information content (AvgIpc) is 3.17. The molecular formula is C20H24ClNO4. The molecule has 0 amide bonds. The Hall–Kier alpha value is -1.40. The third kappa shape index (κ3) is 3.67. The zero-order chi connectivity index (χ0) is 18.1. The summed E-state index contributed by atoms with van der Waals surface area (Å²) in [7, 11) is 0. The molecule has 2 aromatic rings. The first-order valence-electron chi connectivity index (χ1n) is 9.34. The van der Waals surface area contributed by atoms with Gasteiger partial charge in [0.25, 0.3) is 0 Å². The van der Waals surface area contributed by atoms with Crippen molar-refractivity contribution >= 4 is 22.6 Å². The second kappa shape index (κ2) is 7.69. The van der Waals surface area contributed by atoms with Crippen LogP contribution in [0, 0.1) is 5.92 Å². The van der Waals surface area contributed by atoms with E-state index in [0.29, 0.717) is 31.3 Å². The predicted molar refractivity (Wildman–Crippen MR) is 101 cm³/mol. The van der Waals surface area contributed by atoms with Crippen molar-refractivity contribution in [3.8, 4) is 0 Å². The molecule has 0 spiro atoms. The van der Waals surface area contributed by atoms with E-state index in [-0.39, 0.29) is 11.9 Å². The number of hydrogen-bond donors (Lipinski definition) is 0. The van der Waals surface area contributed by atoms with Crippen LogP contribution in [0.25, 0.3) is 11.0 Å². The summed E-state index contributed by atoms with van der Waals surface area (Å²) >= 11 is 6.40. The Morgan fingerprint density at radius 2 is 2.00 bits per heavy atom. The van der Waals surface area contributed by atoms with Crippen LogP contribution < -0.4 is 5.63 Å². The predicted octanol–water partition coefficient (Wildman–Crippen LogP) is 3.59. The van der Waals surface area contributed by atoms with E-state index in [9.17, 15) is 4.79 Å². The second-order valence-corrected chi connectivity index (χ2v) is 7.54. The van der Waals surface area contributed by atoms with Crippen molar-refractivity contribution in [1.29, 1.82) is 0 Å². The summed E-state index contributed by atoms with van der Waals surface area (Å²) in [5.74, 6) is 0.382. The minimum Gasteiger partial charge on any atom is -0.423 e. The maximum absolute atomic E-state index is 12.0. The number of rotatable bonds is 4. The van der Waals surface area contributed by atoms with Gasteiger partial charge in [-0.1, -0.05) is 18.5 Å². The lowest BCUT2D eigenvalue weighted by molar-refractivity contribution is -0.101. The van der Waals surface area contributed by atoms with Crippen LogP contribution in [-0.2, 0) is 22.4 Å². The molecule has 26 heavy (non-hydrogen) atoms. The van der Waals surface area contributed by atoms with Gasteiger partial charge in [-0.15, -0.1) is 0 Å². The van der Waals surface area contributed by atoms with Crippen molar-refractivity contribution in [1.82, 2.24) is 4.90 Å². The van der Waals surface area contributed by atoms with Gasteiger partial charge in [-0.2, -0.15) is 0 Å². The summed E-state index contributed by atoms with van der Waals surface area (Å²) in [6.07, 6.45) is 2.94. The first-order valence-corrected chi connectivity index (χ1v) is 9.72. The lowest BCUT2D eigenvalue weighted by Crippen LogP contribution is -2.40. The van der Waals surface area contributed by atoms with Gasteiger partial charge in [0.15, 0.2) is 6.29 Å². The van der Waals surface area contributed by atoms with Crippen molar-refractivity contribution in [2.45, 2.75) is 39.0 Å². The Balaban J connectivity index is 1.60. The summed E-state index contributed by atoms with van der Waals surface area (Å²) in [6, 6.07) is 5.41. The fourth-order valence-electron chi connectivity index (χ4n) is 4.04. The number of piperidine rings is 1. The molecule has 4 rings (SSSR count). The highest BCUT2D eigenvalue weighted by atomic mass is 35.5. The van der Waals surface area contributed by atoms with E-state index < -0.39 is 0 Å². The van der Waals surface area contributed by atoms with Crippen LogP contribution in [0.1, 0.15) is 30.9 Å². The van der Waals surface area contributed by atoms with E-state index >= 15 is 0 Å². The number of likely N-dealkylation sites (tertiary alicyclic amines) is 1. The van der Waals surface area contributed by atoms with Gasteiger partial charge in [-0.25, -0.2) is 4.79 Å². The molecule has 1 aromatic heterocycles. The summed E-state index contributed by atoms with van der Waals surface area (Å²) in [4.78, 5) is 14.4. The normalized spacial score (nSPS) is 22.3. The largest absolute Gasteiger partial charge is 0.423 e. The van der Waals surface area contributed by atoms with Crippen molar-refractivity contribution in [3.63, 3.8) is 0 Å². The highest BCUT2D eigenvalue weighted by molar-refractivity contribution is 6.32. The third-order valence-electron chi connectivity index (χ3n) is 5.35. The number of benzene rings is 1. The van der Waals surface area contributed by atoms with Gasteiger partial charge in [0, 0.05) is 35.5 Å². The van der Waals surface area contributed by atoms with E-state index in [1.54, 1.807) is 6.07 Å². The van der Waals surface area contributed by atoms with Gasteiger partial charge in [-0.05, 0) is 49.1 Å². The molecule has 1 aromatic carbocycles. The smallest absolute Gasteiger partial charge is 0.336 e. The molecule has 1 atom stereocenters. The summed E-state index contributed by atoms with van der Waals surface area (Å²) in [5.41, 5.74) is 2.26. The van der Waals surface area contributed by atoms with Crippen LogP contribution in [-0.4, -0.2) is 37.5 Å². The molecule has 0 saturated carbocycles. The first kappa shape index (κ1) is 18.0. The van der Waals surface area contributed by atoms with Crippen LogP contribution in [0.4, 0.5) is 0 Å². The van der Waals surface area contributed by atoms with Gasteiger partial charge in [0.2, 0.25) is 0 Å². The molecule has 0 bridgehead atoms. The summed E-state index contributed by atoms with van der Waals surface area (Å²) in [5, 5.41) is 1.64. The van der Waals surface area contributed by atoms with Crippen molar-refractivity contribution in [2.75, 3.05) is 26.3 Å². The van der Waals surface area contributed by atoms with Crippen LogP contribution in [0.3, 0.4) is 0 Å². The lowest BCUT2D eigenvalue weighted by Gasteiger charge is -2.34. The molecule has 6 heteroatoms. The molecule has 2 fully saturated rings. The maximum atomic E-state index is 12.0. The minimum absolute atomic E-state index is 0.0862. The van der Waals surface area contributed by atoms with E-state index in [0.717, 1.165) is 53.9 Å². The van der Waals surface area contributed by atoms with E-state index in [1.165, 1.54) is 0 Å². The highest BCUT2D eigenvalue weighted by Crippen LogP contribution is 2.29. The molecule has 0 aliphatic carbocycles. The van der Waals surface area contributed by atoms with Crippen LogP contribution >= 0.6 is 11.6 Å². The number of nitrogens with zero attached hydrogens (tertiary/aromatic N) is 1. The van der Waals surface area contributed by atoms with Crippen LogP contribution in [0.5, 0.6) is 0 Å². The summed E-state index contributed by atoms with van der Waals surface area (Å²) < 4.78 is 16.8. The number of fused-ring (bicyclic) bond motifs is 1. The Morgan fingerprint density at radius 1 is 1.19 bits per heavy atom. The standard InChI is InChI=1S/C20H24ClNO4/c1-2-13-8-18-16(10-17(13)21)15(9-19(23)26-18)12-22-5-3-4-14(11-22)20-24-6-7-25-20/h8-10,14,20H,2-7,11-12H2,1H3/t14-/m0/s1. The van der Waals surface area contributed by atoms with Crippen LogP contribution in [0.15, 0.2) is 27.4 Å². The molecular weight excluding hydrogens is 354 g/mol. The van der Waals surface area contributed by atoms with Crippen molar-refractivity contribution in [3.05, 3.63) is 44.8 Å². The van der Waals surface area contributed by atoms with Gasteiger partial charge in [-0.3, -0.25) is 4.90 Å². The van der Waals surface area contributed by atoms with Gasteiger partial charge < -0.3 is 13.9 Å². The van der Waals surface area contributed by atoms with E-state index in [1.807, 2.05) is 19.1 Å². The fourth-order valence-corrected chi connectivity index (χ4v) is 4.33. The van der Waals surface area contributed by atoms with Gasteiger partial charge in [0.05, 0.1) is 13.2 Å². The number of hydrogen-bond acceptors (Lipinski definition) is 5. The first-order chi connectivity index (χ1) is 12.6. The Morgan fingerprint density at radius 3 is 2.77 bits per heavy atom. The lowest BCUT2D eigenvalue weighted by atomic mass is 9.96. The molecule has 0 N–H and O–H groups in total. The van der Waals surface area contributed by atoms with E-state index in [4.69, 9.17) is 25.5 Å². The highest BCUT2D eigenvalue weighted by Gasteiger charge is 2.31. The quantitative estimate of drug-likeness (QED) is 0.762. The zero-order valence-electron chi connectivity index (χ0n) is 15.0. The molecule has 3 heterocycles. The Kier molecular flexibility index (Phi) is 5.32. The molecule has 2 aliphatic heterocycles. The van der Waals surface area contributed by atoms with E-state index in [2.05, 4.69) is 4.90 Å². The zero-order valence-corrected chi connectivity index (χ0v) is 15.8. The molecule has 2 saturated heterocycles. The second-order valence-electron chi connectivity index (χ2n) is 7.13. The average molecular weight is 378 g/mol. The topological polar surface area (TPSA) is 51.9 Å². The third-order valence-corrected chi connectivity index (χ3v) is 5.70. The number of aryl methyl sites for hydroxylation is 1. The SMILES string of the molecule is CCc1cc2oc(=O)cc(CN3CCC[C@H](C4OCCO4)C3)c2cc1Cl. The molecule has 0 unspecified atom stereocenters. The molecule has 2 aliphatic rings. The van der Waals surface area contributed by atoms with Crippen molar-refractivity contribution < 1.29 is 13.9 Å². The fraction of sp³-hybridized carbons (Fsp3) is 0.550.